The van der Waals surface area contributed by atoms with Gasteiger partial charge in [-0.1, -0.05) is 0 Å². The Balaban J connectivity index is 1.49. The second-order valence-electron chi connectivity index (χ2n) is 7.21. The fourth-order valence-corrected chi connectivity index (χ4v) is 3.65. The SMILES string of the molecule is O=C1CN(C(=O)C2CCC(NC(=O)c3ccc(C(F)(F)F)cc3)CC2)CCN1. The van der Waals surface area contributed by atoms with Crippen molar-refractivity contribution in [3.63, 3.8) is 0 Å². The number of hydrogen-bond acceptors (Lipinski definition) is 3. The Kier molecular flexibility index (Phi) is 5.90. The maximum absolute atomic E-state index is 12.6. The van der Waals surface area contributed by atoms with Crippen molar-refractivity contribution in [2.45, 2.75) is 37.9 Å². The quantitative estimate of drug-likeness (QED) is 0.819. The number of carbonyl (C=O) groups excluding carboxylic acids is 3. The van der Waals surface area contributed by atoms with Crippen molar-refractivity contribution in [2.24, 2.45) is 5.92 Å². The summed E-state index contributed by atoms with van der Waals surface area (Å²) < 4.78 is 37.8. The number of piperazine rings is 1. The highest BCUT2D eigenvalue weighted by Gasteiger charge is 2.32. The lowest BCUT2D eigenvalue weighted by molar-refractivity contribution is -0.142. The first-order valence-corrected chi connectivity index (χ1v) is 9.27. The molecule has 152 valence electrons. The molecule has 1 aromatic rings. The van der Waals surface area contributed by atoms with Gasteiger partial charge in [-0.25, -0.2) is 0 Å². The zero-order valence-electron chi connectivity index (χ0n) is 15.2. The number of carbonyl (C=O) groups is 3. The molecule has 2 fully saturated rings. The van der Waals surface area contributed by atoms with E-state index in [1.54, 1.807) is 4.90 Å². The molecule has 2 aliphatic rings. The molecule has 3 rings (SSSR count). The molecule has 1 heterocycles. The predicted molar refractivity (Wildman–Crippen MR) is 94.2 cm³/mol. The van der Waals surface area contributed by atoms with Crippen molar-refractivity contribution in [3.8, 4) is 0 Å². The Labute approximate surface area is 160 Å². The van der Waals surface area contributed by atoms with Crippen LogP contribution in [-0.2, 0) is 15.8 Å². The third-order valence-corrected chi connectivity index (χ3v) is 5.24. The molecule has 1 aromatic carbocycles. The van der Waals surface area contributed by atoms with Gasteiger partial charge >= 0.3 is 6.18 Å². The summed E-state index contributed by atoms with van der Waals surface area (Å²) in [5.74, 6) is -0.763. The van der Waals surface area contributed by atoms with E-state index < -0.39 is 17.6 Å². The van der Waals surface area contributed by atoms with Gasteiger partial charge in [-0.05, 0) is 49.9 Å². The number of nitrogens with zero attached hydrogens (tertiary/aromatic N) is 1. The Morgan fingerprint density at radius 2 is 1.71 bits per heavy atom. The smallest absolute Gasteiger partial charge is 0.353 e. The van der Waals surface area contributed by atoms with Crippen molar-refractivity contribution in [1.82, 2.24) is 15.5 Å². The zero-order chi connectivity index (χ0) is 20.3. The van der Waals surface area contributed by atoms with Crippen LogP contribution in [0.5, 0.6) is 0 Å². The van der Waals surface area contributed by atoms with Crippen LogP contribution in [0.4, 0.5) is 13.2 Å². The van der Waals surface area contributed by atoms with Gasteiger partial charge in [-0.2, -0.15) is 13.2 Å². The fourth-order valence-electron chi connectivity index (χ4n) is 3.65. The summed E-state index contributed by atoms with van der Waals surface area (Å²) >= 11 is 0. The van der Waals surface area contributed by atoms with Gasteiger partial charge in [-0.3, -0.25) is 14.4 Å². The molecule has 0 spiro atoms. The molecule has 9 heteroatoms. The van der Waals surface area contributed by atoms with Gasteiger partial charge in [-0.15, -0.1) is 0 Å². The zero-order valence-corrected chi connectivity index (χ0v) is 15.2. The Morgan fingerprint density at radius 1 is 1.07 bits per heavy atom. The van der Waals surface area contributed by atoms with Gasteiger partial charge in [0.15, 0.2) is 0 Å². The van der Waals surface area contributed by atoms with Crippen LogP contribution >= 0.6 is 0 Å². The van der Waals surface area contributed by atoms with Gasteiger partial charge in [0.05, 0.1) is 12.1 Å². The lowest BCUT2D eigenvalue weighted by Crippen LogP contribution is -2.52. The van der Waals surface area contributed by atoms with E-state index in [0.29, 0.717) is 38.8 Å². The van der Waals surface area contributed by atoms with Crippen molar-refractivity contribution >= 4 is 17.7 Å². The number of halogens is 3. The molecule has 0 radical (unpaired) electrons. The lowest BCUT2D eigenvalue weighted by Gasteiger charge is -2.34. The van der Waals surface area contributed by atoms with E-state index in [9.17, 15) is 27.6 Å². The summed E-state index contributed by atoms with van der Waals surface area (Å²) in [6.07, 6.45) is -2.00. The first kappa shape index (κ1) is 20.2. The van der Waals surface area contributed by atoms with E-state index in [0.717, 1.165) is 24.3 Å². The highest BCUT2D eigenvalue weighted by atomic mass is 19.4. The number of rotatable bonds is 3. The topological polar surface area (TPSA) is 78.5 Å². The van der Waals surface area contributed by atoms with Crippen LogP contribution in [-0.4, -0.2) is 48.3 Å². The van der Waals surface area contributed by atoms with Crippen molar-refractivity contribution in [3.05, 3.63) is 35.4 Å². The van der Waals surface area contributed by atoms with E-state index in [1.165, 1.54) is 0 Å². The Bertz CT molecular complexity index is 741. The van der Waals surface area contributed by atoms with Gasteiger partial charge < -0.3 is 15.5 Å². The largest absolute Gasteiger partial charge is 0.416 e. The molecule has 3 amide bonds. The fraction of sp³-hybridized carbons (Fsp3) is 0.526. The molecule has 1 saturated carbocycles. The molecule has 28 heavy (non-hydrogen) atoms. The maximum atomic E-state index is 12.6. The van der Waals surface area contributed by atoms with E-state index in [-0.39, 0.29) is 35.9 Å². The second kappa shape index (κ2) is 8.20. The molecule has 2 N–H and O–H groups in total. The average Bonchev–Trinajstić information content (AvgIpc) is 2.67. The number of nitrogens with one attached hydrogen (secondary N) is 2. The Hall–Kier alpha value is -2.58. The van der Waals surface area contributed by atoms with Gasteiger partial charge in [0, 0.05) is 30.6 Å². The number of amides is 3. The third kappa shape index (κ3) is 4.82. The van der Waals surface area contributed by atoms with E-state index in [2.05, 4.69) is 10.6 Å². The van der Waals surface area contributed by atoms with Crippen molar-refractivity contribution in [2.75, 3.05) is 19.6 Å². The molecule has 0 bridgehead atoms. The summed E-state index contributed by atoms with van der Waals surface area (Å²) in [4.78, 5) is 37.8. The molecule has 0 aromatic heterocycles. The normalized spacial score (nSPS) is 23.1. The molecular weight excluding hydrogens is 375 g/mol. The first-order chi connectivity index (χ1) is 13.2. The minimum atomic E-state index is -4.44. The van der Waals surface area contributed by atoms with E-state index in [1.807, 2.05) is 0 Å². The van der Waals surface area contributed by atoms with E-state index >= 15 is 0 Å². The Morgan fingerprint density at radius 3 is 2.29 bits per heavy atom. The van der Waals surface area contributed by atoms with Gasteiger partial charge in [0.1, 0.15) is 0 Å². The van der Waals surface area contributed by atoms with Crippen LogP contribution < -0.4 is 10.6 Å². The summed E-state index contributed by atoms with van der Waals surface area (Å²) in [5.41, 5.74) is -0.625. The molecule has 1 saturated heterocycles. The second-order valence-corrected chi connectivity index (χ2v) is 7.21. The maximum Gasteiger partial charge on any atom is 0.416 e. The van der Waals surface area contributed by atoms with Crippen LogP contribution in [0.15, 0.2) is 24.3 Å². The number of benzene rings is 1. The highest BCUT2D eigenvalue weighted by Crippen LogP contribution is 2.29. The third-order valence-electron chi connectivity index (χ3n) is 5.24. The first-order valence-electron chi connectivity index (χ1n) is 9.27. The van der Waals surface area contributed by atoms with Gasteiger partial charge in [0.25, 0.3) is 5.91 Å². The highest BCUT2D eigenvalue weighted by molar-refractivity contribution is 5.94. The van der Waals surface area contributed by atoms with Crippen LogP contribution in [0.3, 0.4) is 0 Å². The summed E-state index contributed by atoms with van der Waals surface area (Å²) in [7, 11) is 0. The lowest BCUT2D eigenvalue weighted by atomic mass is 9.85. The van der Waals surface area contributed by atoms with E-state index in [4.69, 9.17) is 0 Å². The number of alkyl halides is 3. The summed E-state index contributed by atoms with van der Waals surface area (Å²) in [6.45, 7) is 1.06. The van der Waals surface area contributed by atoms with Crippen LogP contribution in [0.1, 0.15) is 41.6 Å². The number of hydrogen-bond donors (Lipinski definition) is 2. The molecule has 0 atom stereocenters. The van der Waals surface area contributed by atoms with Crippen molar-refractivity contribution < 1.29 is 27.6 Å². The molecular formula is C19H22F3N3O3. The van der Waals surface area contributed by atoms with Gasteiger partial charge in [0.2, 0.25) is 11.8 Å². The summed E-state index contributed by atoms with van der Waals surface area (Å²) in [6, 6.07) is 3.98. The molecule has 1 aliphatic heterocycles. The monoisotopic (exact) mass is 397 g/mol. The van der Waals surface area contributed by atoms with Crippen molar-refractivity contribution in [1.29, 1.82) is 0 Å². The minimum absolute atomic E-state index is 0.0256. The molecule has 6 nitrogen and oxygen atoms in total. The predicted octanol–water partition coefficient (Wildman–Crippen LogP) is 1.95. The summed E-state index contributed by atoms with van der Waals surface area (Å²) in [5, 5.41) is 5.51. The van der Waals surface area contributed by atoms with Crippen LogP contribution in [0, 0.1) is 5.92 Å². The minimum Gasteiger partial charge on any atom is -0.353 e. The van der Waals surface area contributed by atoms with Crippen LogP contribution in [0.2, 0.25) is 0 Å². The standard InChI is InChI=1S/C19H22F3N3O3/c20-19(21,22)14-5-1-12(2-6-14)17(27)24-15-7-3-13(4-8-15)18(28)25-10-9-23-16(26)11-25/h1-2,5-6,13,15H,3-4,7-11H2,(H,23,26)(H,24,27). The average molecular weight is 397 g/mol. The molecule has 0 unspecified atom stereocenters. The van der Waals surface area contributed by atoms with Crippen LogP contribution in [0.25, 0.3) is 0 Å². The molecule has 1 aliphatic carbocycles.